The van der Waals surface area contributed by atoms with Gasteiger partial charge < -0.3 is 9.47 Å². The Kier molecular flexibility index (Phi) is 3.43. The summed E-state index contributed by atoms with van der Waals surface area (Å²) in [7, 11) is -3.73. The Morgan fingerprint density at radius 1 is 1.53 bits per heavy atom. The van der Waals surface area contributed by atoms with Gasteiger partial charge >= 0.3 is 0 Å². The number of nitrogens with two attached hydrogens (primary N) is 1. The quantitative estimate of drug-likeness (QED) is 0.830. The Morgan fingerprint density at radius 2 is 2.29 bits per heavy atom. The smallest absolute Gasteiger partial charge is 0.274 e. The molecule has 8 heteroatoms. The maximum absolute atomic E-state index is 10.7. The number of ether oxygens (including phenoxy) is 2. The highest BCUT2D eigenvalue weighted by Crippen LogP contribution is 2.37. The van der Waals surface area contributed by atoms with E-state index in [9.17, 15) is 8.42 Å². The first-order valence-electron chi connectivity index (χ1n) is 4.81. The molecule has 6 nitrogen and oxygen atoms in total. The topological polar surface area (TPSA) is 90.7 Å². The van der Waals surface area contributed by atoms with Gasteiger partial charge in [-0.1, -0.05) is 17.7 Å². The van der Waals surface area contributed by atoms with Gasteiger partial charge in [0.1, 0.15) is 12.7 Å². The highest BCUT2D eigenvalue weighted by Gasteiger charge is 2.23. The standard InChI is InChI=1S/C9H11ClN2O4S/c10-7-2-1-3-8-9(7)16-6(5-15-8)4-12-17(11,13)14/h1-3,6,12H,4-5H2,(H2,11,13,14)/t6-/m0/s1. The SMILES string of the molecule is NS(=O)(=O)NC[C@H]1COc2cccc(Cl)c2O1. The Hall–Kier alpha value is -1.02. The van der Waals surface area contributed by atoms with Gasteiger partial charge in [0.05, 0.1) is 11.6 Å². The van der Waals surface area contributed by atoms with Crippen molar-refractivity contribution in [2.45, 2.75) is 6.10 Å². The van der Waals surface area contributed by atoms with Gasteiger partial charge in [0.2, 0.25) is 0 Å². The molecule has 1 aliphatic heterocycles. The minimum Gasteiger partial charge on any atom is -0.486 e. The molecule has 94 valence electrons. The zero-order valence-electron chi connectivity index (χ0n) is 8.72. The van der Waals surface area contributed by atoms with E-state index in [-0.39, 0.29) is 13.2 Å². The first-order valence-corrected chi connectivity index (χ1v) is 6.73. The molecule has 0 bridgehead atoms. The average Bonchev–Trinajstić information content (AvgIpc) is 2.26. The van der Waals surface area contributed by atoms with E-state index in [0.29, 0.717) is 16.5 Å². The first kappa shape index (κ1) is 12.4. The molecule has 0 unspecified atom stereocenters. The van der Waals surface area contributed by atoms with E-state index < -0.39 is 16.3 Å². The normalized spacial score (nSPS) is 19.1. The van der Waals surface area contributed by atoms with Gasteiger partial charge in [0.15, 0.2) is 11.5 Å². The number of para-hydroxylation sites is 1. The van der Waals surface area contributed by atoms with Crippen LogP contribution in [0.4, 0.5) is 0 Å². The summed E-state index contributed by atoms with van der Waals surface area (Å²) in [6.07, 6.45) is -0.458. The van der Waals surface area contributed by atoms with Crippen molar-refractivity contribution in [1.29, 1.82) is 0 Å². The van der Waals surface area contributed by atoms with Crippen LogP contribution in [-0.2, 0) is 10.2 Å². The molecule has 0 aromatic heterocycles. The fourth-order valence-electron chi connectivity index (χ4n) is 1.41. The van der Waals surface area contributed by atoms with Crippen LogP contribution in [0.5, 0.6) is 11.5 Å². The molecule has 0 aliphatic carbocycles. The van der Waals surface area contributed by atoms with Crippen LogP contribution < -0.4 is 19.3 Å². The van der Waals surface area contributed by atoms with Crippen molar-refractivity contribution in [3.05, 3.63) is 23.2 Å². The van der Waals surface area contributed by atoms with Crippen molar-refractivity contribution < 1.29 is 17.9 Å². The average molecular weight is 279 g/mol. The Morgan fingerprint density at radius 3 is 3.00 bits per heavy atom. The van der Waals surface area contributed by atoms with E-state index in [1.165, 1.54) is 0 Å². The van der Waals surface area contributed by atoms with Gasteiger partial charge in [-0.15, -0.1) is 0 Å². The fourth-order valence-corrected chi connectivity index (χ4v) is 2.04. The van der Waals surface area contributed by atoms with Crippen LogP contribution in [-0.4, -0.2) is 27.7 Å². The maximum atomic E-state index is 10.7. The van der Waals surface area contributed by atoms with Gasteiger partial charge in [0.25, 0.3) is 10.2 Å². The minimum absolute atomic E-state index is 0.0312. The molecule has 0 saturated heterocycles. The summed E-state index contributed by atoms with van der Waals surface area (Å²) in [6.45, 7) is 0.263. The van der Waals surface area contributed by atoms with Gasteiger partial charge in [0, 0.05) is 0 Å². The first-order chi connectivity index (χ1) is 7.96. The van der Waals surface area contributed by atoms with Gasteiger partial charge in [-0.25, -0.2) is 5.14 Å². The number of halogens is 1. The molecule has 1 heterocycles. The van der Waals surface area contributed by atoms with E-state index in [2.05, 4.69) is 4.72 Å². The molecular formula is C9H11ClN2O4S. The molecule has 1 atom stereocenters. The van der Waals surface area contributed by atoms with E-state index in [1.54, 1.807) is 18.2 Å². The zero-order valence-corrected chi connectivity index (χ0v) is 10.3. The summed E-state index contributed by atoms with van der Waals surface area (Å²) in [5.74, 6) is 0.964. The van der Waals surface area contributed by atoms with Crippen LogP contribution in [0, 0.1) is 0 Å². The fraction of sp³-hybridized carbons (Fsp3) is 0.333. The molecule has 17 heavy (non-hydrogen) atoms. The van der Waals surface area contributed by atoms with Crippen molar-refractivity contribution >= 4 is 21.8 Å². The minimum atomic E-state index is -3.73. The highest BCUT2D eigenvalue weighted by molar-refractivity contribution is 7.87. The maximum Gasteiger partial charge on any atom is 0.274 e. The molecule has 1 aromatic carbocycles. The largest absolute Gasteiger partial charge is 0.486 e. The second kappa shape index (κ2) is 4.69. The van der Waals surface area contributed by atoms with Crippen LogP contribution >= 0.6 is 11.6 Å². The second-order valence-corrected chi connectivity index (χ2v) is 5.30. The predicted octanol–water partition coefficient (Wildman–Crippen LogP) is 0.273. The lowest BCUT2D eigenvalue weighted by Crippen LogP contribution is -2.43. The number of fused-ring (bicyclic) bond motifs is 1. The summed E-state index contributed by atoms with van der Waals surface area (Å²) in [5.41, 5.74) is 0. The van der Waals surface area contributed by atoms with Gasteiger partial charge in [-0.3, -0.25) is 0 Å². The number of nitrogens with one attached hydrogen (secondary N) is 1. The third kappa shape index (κ3) is 3.22. The van der Waals surface area contributed by atoms with E-state index in [1.807, 2.05) is 0 Å². The molecule has 0 amide bonds. The number of rotatable bonds is 3. The molecule has 0 fully saturated rings. The van der Waals surface area contributed by atoms with Crippen LogP contribution in [0.25, 0.3) is 0 Å². The van der Waals surface area contributed by atoms with Crippen LogP contribution in [0.15, 0.2) is 18.2 Å². The summed E-state index contributed by atoms with van der Waals surface area (Å²) in [5, 5.41) is 5.24. The Bertz CT molecular complexity index is 520. The number of hydrogen-bond acceptors (Lipinski definition) is 4. The molecule has 3 N–H and O–H groups in total. The van der Waals surface area contributed by atoms with E-state index in [0.717, 1.165) is 0 Å². The van der Waals surface area contributed by atoms with Crippen molar-refractivity contribution in [2.75, 3.05) is 13.2 Å². The zero-order chi connectivity index (χ0) is 12.5. The summed E-state index contributed by atoms with van der Waals surface area (Å²) in [6, 6.07) is 5.14. The molecule has 2 rings (SSSR count). The van der Waals surface area contributed by atoms with Crippen molar-refractivity contribution in [2.24, 2.45) is 5.14 Å². The molecule has 1 aromatic rings. The summed E-state index contributed by atoms with van der Waals surface area (Å²) >= 11 is 5.93. The van der Waals surface area contributed by atoms with Crippen molar-refractivity contribution in [1.82, 2.24) is 4.72 Å². The van der Waals surface area contributed by atoms with Crippen LogP contribution in [0.1, 0.15) is 0 Å². The van der Waals surface area contributed by atoms with E-state index >= 15 is 0 Å². The highest BCUT2D eigenvalue weighted by atomic mass is 35.5. The second-order valence-electron chi connectivity index (χ2n) is 3.51. The predicted molar refractivity (Wildman–Crippen MR) is 62.5 cm³/mol. The molecular weight excluding hydrogens is 268 g/mol. The van der Waals surface area contributed by atoms with Gasteiger partial charge in [-0.05, 0) is 12.1 Å². The lowest BCUT2D eigenvalue weighted by atomic mass is 10.2. The third-order valence-corrected chi connectivity index (χ3v) is 3.02. The lowest BCUT2D eigenvalue weighted by molar-refractivity contribution is 0.0944. The van der Waals surface area contributed by atoms with Crippen molar-refractivity contribution in [3.63, 3.8) is 0 Å². The lowest BCUT2D eigenvalue weighted by Gasteiger charge is -2.26. The van der Waals surface area contributed by atoms with Crippen LogP contribution in [0.2, 0.25) is 5.02 Å². The van der Waals surface area contributed by atoms with Crippen LogP contribution in [0.3, 0.4) is 0 Å². The molecule has 0 spiro atoms. The Balaban J connectivity index is 2.06. The van der Waals surface area contributed by atoms with E-state index in [4.69, 9.17) is 26.2 Å². The number of hydrogen-bond donors (Lipinski definition) is 2. The van der Waals surface area contributed by atoms with Crippen molar-refractivity contribution in [3.8, 4) is 11.5 Å². The summed E-state index contributed by atoms with van der Waals surface area (Å²) < 4.78 is 34.5. The molecule has 0 saturated carbocycles. The molecule has 1 aliphatic rings. The molecule has 0 radical (unpaired) electrons. The van der Waals surface area contributed by atoms with Gasteiger partial charge in [-0.2, -0.15) is 13.1 Å². The third-order valence-electron chi connectivity index (χ3n) is 2.15. The Labute approximate surface area is 104 Å². The number of benzene rings is 1. The monoisotopic (exact) mass is 278 g/mol. The summed E-state index contributed by atoms with van der Waals surface area (Å²) in [4.78, 5) is 0.